The van der Waals surface area contributed by atoms with Crippen LogP contribution in [0, 0.1) is 10.1 Å². The highest BCUT2D eigenvalue weighted by Crippen LogP contribution is 2.34. The Morgan fingerprint density at radius 1 is 1.22 bits per heavy atom. The molecule has 0 fully saturated rings. The van der Waals surface area contributed by atoms with Crippen LogP contribution in [0.1, 0.15) is 16.2 Å². The van der Waals surface area contributed by atoms with Gasteiger partial charge < -0.3 is 19.8 Å². The number of benzene rings is 2. The second-order valence-corrected chi connectivity index (χ2v) is 5.69. The molecule has 3 aromatic rings. The molecule has 3 rings (SSSR count). The van der Waals surface area contributed by atoms with Gasteiger partial charge in [0.25, 0.3) is 11.6 Å². The summed E-state index contributed by atoms with van der Waals surface area (Å²) in [5.41, 5.74) is 1.31. The largest absolute Gasteiger partial charge is 0.493 e. The lowest BCUT2D eigenvalue weighted by Gasteiger charge is -2.10. The van der Waals surface area contributed by atoms with E-state index < -0.39 is 10.8 Å². The molecule has 9 heteroatoms. The van der Waals surface area contributed by atoms with E-state index in [2.05, 4.69) is 15.3 Å². The van der Waals surface area contributed by atoms with Crippen LogP contribution >= 0.6 is 0 Å². The molecule has 9 nitrogen and oxygen atoms in total. The predicted octanol–water partition coefficient (Wildman–Crippen LogP) is 2.46. The Bertz CT molecular complexity index is 966. The number of fused-ring (bicyclic) bond motifs is 1. The van der Waals surface area contributed by atoms with Crippen LogP contribution in [0.15, 0.2) is 36.4 Å². The molecule has 0 aliphatic heterocycles. The minimum atomic E-state index is -0.629. The van der Waals surface area contributed by atoms with Gasteiger partial charge >= 0.3 is 0 Å². The van der Waals surface area contributed by atoms with E-state index in [-0.39, 0.29) is 29.3 Å². The maximum absolute atomic E-state index is 12.5. The van der Waals surface area contributed by atoms with E-state index in [0.29, 0.717) is 6.42 Å². The van der Waals surface area contributed by atoms with Gasteiger partial charge in [0.15, 0.2) is 11.5 Å². The number of nitro groups is 1. The number of methoxy groups -OCH3 is 2. The minimum absolute atomic E-state index is 0.0951. The van der Waals surface area contributed by atoms with Crippen LogP contribution in [0.5, 0.6) is 11.5 Å². The van der Waals surface area contributed by atoms with Crippen molar-refractivity contribution >= 4 is 22.6 Å². The summed E-state index contributed by atoms with van der Waals surface area (Å²) in [5, 5.41) is 14.0. The SMILES string of the molecule is COc1cc(C(=O)NCCc2nc3ccccc3[nH]2)c([N+](=O)[O-])cc1OC. The Morgan fingerprint density at radius 3 is 2.59 bits per heavy atom. The Morgan fingerprint density at radius 2 is 1.93 bits per heavy atom. The van der Waals surface area contributed by atoms with Crippen molar-refractivity contribution in [3.8, 4) is 11.5 Å². The number of para-hydroxylation sites is 2. The first kappa shape index (κ1) is 18.2. The fourth-order valence-electron chi connectivity index (χ4n) is 2.71. The second-order valence-electron chi connectivity index (χ2n) is 5.69. The van der Waals surface area contributed by atoms with Crippen LogP contribution < -0.4 is 14.8 Å². The Labute approximate surface area is 154 Å². The zero-order chi connectivity index (χ0) is 19.4. The molecule has 27 heavy (non-hydrogen) atoms. The number of amides is 1. The highest BCUT2D eigenvalue weighted by atomic mass is 16.6. The number of imidazole rings is 1. The van der Waals surface area contributed by atoms with Crippen molar-refractivity contribution in [3.05, 3.63) is 57.9 Å². The summed E-state index contributed by atoms with van der Waals surface area (Å²) in [4.78, 5) is 30.7. The molecule has 1 aromatic heterocycles. The van der Waals surface area contributed by atoms with E-state index in [0.717, 1.165) is 16.9 Å². The Balaban J connectivity index is 1.74. The topological polar surface area (TPSA) is 119 Å². The van der Waals surface area contributed by atoms with Crippen LogP contribution in [0.3, 0.4) is 0 Å². The van der Waals surface area contributed by atoms with Gasteiger partial charge in [-0.05, 0) is 12.1 Å². The molecule has 0 saturated heterocycles. The number of H-pyrrole nitrogens is 1. The van der Waals surface area contributed by atoms with Gasteiger partial charge in [-0.3, -0.25) is 14.9 Å². The van der Waals surface area contributed by atoms with E-state index >= 15 is 0 Å². The third-order valence-corrected chi connectivity index (χ3v) is 4.03. The molecule has 1 amide bonds. The van der Waals surface area contributed by atoms with Crippen molar-refractivity contribution in [2.75, 3.05) is 20.8 Å². The van der Waals surface area contributed by atoms with E-state index in [1.54, 1.807) is 0 Å². The van der Waals surface area contributed by atoms with E-state index in [9.17, 15) is 14.9 Å². The average molecular weight is 370 g/mol. The van der Waals surface area contributed by atoms with Crippen molar-refractivity contribution < 1.29 is 19.2 Å². The number of hydrogen-bond donors (Lipinski definition) is 2. The smallest absolute Gasteiger partial charge is 0.286 e. The predicted molar refractivity (Wildman–Crippen MR) is 98.3 cm³/mol. The van der Waals surface area contributed by atoms with Gasteiger partial charge in [-0.1, -0.05) is 12.1 Å². The van der Waals surface area contributed by atoms with Crippen LogP contribution in [0.4, 0.5) is 5.69 Å². The monoisotopic (exact) mass is 370 g/mol. The fourth-order valence-corrected chi connectivity index (χ4v) is 2.71. The maximum Gasteiger partial charge on any atom is 0.286 e. The first-order valence-corrected chi connectivity index (χ1v) is 8.15. The molecule has 0 bridgehead atoms. The van der Waals surface area contributed by atoms with Crippen LogP contribution in [-0.4, -0.2) is 41.6 Å². The molecular formula is C18H18N4O5. The third kappa shape index (κ3) is 3.81. The lowest BCUT2D eigenvalue weighted by molar-refractivity contribution is -0.385. The summed E-state index contributed by atoms with van der Waals surface area (Å²) in [5.74, 6) is 0.575. The summed E-state index contributed by atoms with van der Waals surface area (Å²) in [6.45, 7) is 0.268. The van der Waals surface area contributed by atoms with Crippen molar-refractivity contribution in [2.24, 2.45) is 0 Å². The van der Waals surface area contributed by atoms with Gasteiger partial charge in [0.1, 0.15) is 11.4 Å². The molecule has 2 aromatic carbocycles. The Kier molecular flexibility index (Phi) is 5.20. The highest BCUT2D eigenvalue weighted by Gasteiger charge is 2.24. The Hall–Kier alpha value is -3.62. The van der Waals surface area contributed by atoms with Crippen molar-refractivity contribution in [1.82, 2.24) is 15.3 Å². The zero-order valence-electron chi connectivity index (χ0n) is 14.8. The van der Waals surface area contributed by atoms with Gasteiger partial charge in [-0.25, -0.2) is 4.98 Å². The second kappa shape index (κ2) is 7.73. The number of aromatic amines is 1. The number of carbonyl (C=O) groups excluding carboxylic acids is 1. The van der Waals surface area contributed by atoms with Crippen molar-refractivity contribution in [2.45, 2.75) is 6.42 Å². The van der Waals surface area contributed by atoms with Crippen LogP contribution in [0.25, 0.3) is 11.0 Å². The number of hydrogen-bond acceptors (Lipinski definition) is 6. The zero-order valence-corrected chi connectivity index (χ0v) is 14.8. The standard InChI is InChI=1S/C18H18N4O5/c1-26-15-9-11(14(22(24)25)10-16(15)27-2)18(23)19-8-7-17-20-12-5-3-4-6-13(12)21-17/h3-6,9-10H,7-8H2,1-2H3,(H,19,23)(H,20,21). The minimum Gasteiger partial charge on any atom is -0.493 e. The van der Waals surface area contributed by atoms with E-state index in [1.165, 1.54) is 26.4 Å². The van der Waals surface area contributed by atoms with Crippen LogP contribution in [-0.2, 0) is 6.42 Å². The number of nitrogens with zero attached hydrogens (tertiary/aromatic N) is 2. The lowest BCUT2D eigenvalue weighted by Crippen LogP contribution is -2.26. The number of nitrogens with one attached hydrogen (secondary N) is 2. The molecule has 0 unspecified atom stereocenters. The number of carbonyl (C=O) groups is 1. The van der Waals surface area contributed by atoms with Gasteiger partial charge in [0.2, 0.25) is 0 Å². The highest BCUT2D eigenvalue weighted by molar-refractivity contribution is 5.99. The molecule has 140 valence electrons. The molecule has 1 heterocycles. The summed E-state index contributed by atoms with van der Waals surface area (Å²) in [7, 11) is 2.77. The van der Waals surface area contributed by atoms with Gasteiger partial charge in [0, 0.05) is 19.0 Å². The van der Waals surface area contributed by atoms with Crippen molar-refractivity contribution in [3.63, 3.8) is 0 Å². The molecule has 0 aliphatic carbocycles. The summed E-state index contributed by atoms with van der Waals surface area (Å²) in [6, 6.07) is 10.1. The molecule has 0 radical (unpaired) electrons. The normalized spacial score (nSPS) is 10.6. The molecule has 0 saturated carbocycles. The lowest BCUT2D eigenvalue weighted by atomic mass is 10.1. The van der Waals surface area contributed by atoms with Gasteiger partial charge in [-0.2, -0.15) is 0 Å². The number of rotatable bonds is 7. The van der Waals surface area contributed by atoms with Gasteiger partial charge in [0.05, 0.1) is 36.2 Å². The fraction of sp³-hybridized carbons (Fsp3) is 0.222. The first-order chi connectivity index (χ1) is 13.0. The molecule has 0 atom stereocenters. The first-order valence-electron chi connectivity index (χ1n) is 8.15. The number of aromatic nitrogens is 2. The van der Waals surface area contributed by atoms with E-state index in [4.69, 9.17) is 9.47 Å². The molecular weight excluding hydrogens is 352 g/mol. The summed E-state index contributed by atoms with van der Waals surface area (Å²) < 4.78 is 10.2. The number of nitro benzene ring substituents is 1. The maximum atomic E-state index is 12.5. The summed E-state index contributed by atoms with van der Waals surface area (Å²) in [6.07, 6.45) is 0.460. The van der Waals surface area contributed by atoms with Crippen LogP contribution in [0.2, 0.25) is 0 Å². The average Bonchev–Trinajstić information content (AvgIpc) is 3.09. The molecule has 0 aliphatic rings. The number of ether oxygens (including phenoxy) is 2. The molecule has 0 spiro atoms. The van der Waals surface area contributed by atoms with Gasteiger partial charge in [-0.15, -0.1) is 0 Å². The summed E-state index contributed by atoms with van der Waals surface area (Å²) >= 11 is 0. The van der Waals surface area contributed by atoms with E-state index in [1.807, 2.05) is 24.3 Å². The molecule has 2 N–H and O–H groups in total. The third-order valence-electron chi connectivity index (χ3n) is 4.03. The van der Waals surface area contributed by atoms with Crippen molar-refractivity contribution in [1.29, 1.82) is 0 Å². The quantitative estimate of drug-likeness (QED) is 0.487.